The maximum absolute atomic E-state index is 12.1. The average Bonchev–Trinajstić information content (AvgIpc) is 2.48. The van der Waals surface area contributed by atoms with Crippen molar-refractivity contribution in [1.82, 2.24) is 10.2 Å². The van der Waals surface area contributed by atoms with E-state index in [1.807, 2.05) is 55.4 Å². The van der Waals surface area contributed by atoms with E-state index in [1.165, 1.54) is 5.56 Å². The van der Waals surface area contributed by atoms with Crippen LogP contribution >= 0.6 is 0 Å². The zero-order valence-corrected chi connectivity index (χ0v) is 12.6. The van der Waals surface area contributed by atoms with Gasteiger partial charge in [-0.2, -0.15) is 0 Å². The molecule has 1 unspecified atom stereocenters. The first kappa shape index (κ1) is 15.3. The molecule has 0 aromatic heterocycles. The van der Waals surface area contributed by atoms with Crippen molar-refractivity contribution >= 4 is 5.91 Å². The highest BCUT2D eigenvalue weighted by Crippen LogP contribution is 2.18. The summed E-state index contributed by atoms with van der Waals surface area (Å²) in [5.41, 5.74) is 2.35. The van der Waals surface area contributed by atoms with E-state index in [1.54, 1.807) is 0 Å². The Balaban J connectivity index is 2.13. The van der Waals surface area contributed by atoms with Crippen LogP contribution in [0, 0.1) is 0 Å². The van der Waals surface area contributed by atoms with Crippen molar-refractivity contribution in [2.24, 2.45) is 0 Å². The standard InChI is InChI=1S/C18H22N2O/c1-20(2)14-18(21)19-17(16-11-7-4-8-12-16)13-15-9-5-3-6-10-15/h3-12,17H,13-14H2,1-2H3,(H,19,21). The van der Waals surface area contributed by atoms with Gasteiger partial charge in [0.1, 0.15) is 0 Å². The molecule has 0 aliphatic rings. The molecule has 2 aromatic rings. The van der Waals surface area contributed by atoms with E-state index in [2.05, 4.69) is 29.6 Å². The third-order valence-corrected chi connectivity index (χ3v) is 3.28. The minimum Gasteiger partial charge on any atom is -0.348 e. The summed E-state index contributed by atoms with van der Waals surface area (Å²) in [6, 6.07) is 20.4. The molecular formula is C18H22N2O. The van der Waals surface area contributed by atoms with Gasteiger partial charge in [-0.05, 0) is 31.6 Å². The number of carbonyl (C=O) groups is 1. The maximum Gasteiger partial charge on any atom is 0.234 e. The maximum atomic E-state index is 12.1. The van der Waals surface area contributed by atoms with E-state index in [0.29, 0.717) is 6.54 Å². The highest BCUT2D eigenvalue weighted by atomic mass is 16.2. The van der Waals surface area contributed by atoms with Crippen molar-refractivity contribution in [3.63, 3.8) is 0 Å². The van der Waals surface area contributed by atoms with Crippen LogP contribution in [0.2, 0.25) is 0 Å². The number of likely N-dealkylation sites (N-methyl/N-ethyl adjacent to an activating group) is 1. The highest BCUT2D eigenvalue weighted by molar-refractivity contribution is 5.78. The summed E-state index contributed by atoms with van der Waals surface area (Å²) in [5.74, 6) is 0.0461. The predicted molar refractivity (Wildman–Crippen MR) is 86.0 cm³/mol. The van der Waals surface area contributed by atoms with Crippen molar-refractivity contribution in [1.29, 1.82) is 0 Å². The molecule has 2 aromatic carbocycles. The summed E-state index contributed by atoms with van der Waals surface area (Å²) in [6.07, 6.45) is 0.796. The van der Waals surface area contributed by atoms with Crippen LogP contribution in [0.5, 0.6) is 0 Å². The fraction of sp³-hybridized carbons (Fsp3) is 0.278. The first-order valence-corrected chi connectivity index (χ1v) is 7.18. The van der Waals surface area contributed by atoms with Gasteiger partial charge in [0.2, 0.25) is 5.91 Å². The second-order valence-corrected chi connectivity index (χ2v) is 5.46. The SMILES string of the molecule is CN(C)CC(=O)NC(Cc1ccccc1)c1ccccc1. The van der Waals surface area contributed by atoms with Gasteiger partial charge in [-0.1, -0.05) is 60.7 Å². The van der Waals surface area contributed by atoms with Gasteiger partial charge in [0.05, 0.1) is 12.6 Å². The van der Waals surface area contributed by atoms with Gasteiger partial charge in [0, 0.05) is 0 Å². The van der Waals surface area contributed by atoms with E-state index < -0.39 is 0 Å². The number of carbonyl (C=O) groups excluding carboxylic acids is 1. The van der Waals surface area contributed by atoms with Gasteiger partial charge in [0.25, 0.3) is 0 Å². The lowest BCUT2D eigenvalue weighted by atomic mass is 9.99. The summed E-state index contributed by atoms with van der Waals surface area (Å²) in [7, 11) is 3.79. The topological polar surface area (TPSA) is 32.3 Å². The Labute approximate surface area is 126 Å². The molecule has 110 valence electrons. The lowest BCUT2D eigenvalue weighted by Crippen LogP contribution is -2.36. The summed E-state index contributed by atoms with van der Waals surface area (Å²) in [5, 5.41) is 3.13. The lowest BCUT2D eigenvalue weighted by Gasteiger charge is -2.20. The number of nitrogens with zero attached hydrogens (tertiary/aromatic N) is 1. The number of nitrogens with one attached hydrogen (secondary N) is 1. The summed E-state index contributed by atoms with van der Waals surface area (Å²) >= 11 is 0. The molecule has 1 amide bonds. The Hall–Kier alpha value is -2.13. The Morgan fingerprint density at radius 3 is 2.14 bits per heavy atom. The largest absolute Gasteiger partial charge is 0.348 e. The van der Waals surface area contributed by atoms with E-state index in [0.717, 1.165) is 12.0 Å². The van der Waals surface area contributed by atoms with E-state index in [4.69, 9.17) is 0 Å². The third-order valence-electron chi connectivity index (χ3n) is 3.28. The predicted octanol–water partition coefficient (Wildman–Crippen LogP) is 2.65. The number of rotatable bonds is 6. The number of benzene rings is 2. The number of hydrogen-bond donors (Lipinski definition) is 1. The molecule has 0 saturated carbocycles. The second kappa shape index (κ2) is 7.60. The van der Waals surface area contributed by atoms with Crippen LogP contribution in [-0.4, -0.2) is 31.4 Å². The number of amides is 1. The van der Waals surface area contributed by atoms with Crippen molar-refractivity contribution in [2.45, 2.75) is 12.5 Å². The lowest BCUT2D eigenvalue weighted by molar-refractivity contribution is -0.122. The Kier molecular flexibility index (Phi) is 5.52. The highest BCUT2D eigenvalue weighted by Gasteiger charge is 2.15. The van der Waals surface area contributed by atoms with Gasteiger partial charge in [-0.15, -0.1) is 0 Å². The van der Waals surface area contributed by atoms with Gasteiger partial charge in [0.15, 0.2) is 0 Å². The summed E-state index contributed by atoms with van der Waals surface area (Å²) in [4.78, 5) is 13.9. The third kappa shape index (κ3) is 5.04. The normalized spacial score (nSPS) is 12.1. The van der Waals surface area contributed by atoms with Gasteiger partial charge in [-0.25, -0.2) is 0 Å². The van der Waals surface area contributed by atoms with E-state index >= 15 is 0 Å². The fourth-order valence-electron chi connectivity index (χ4n) is 2.31. The van der Waals surface area contributed by atoms with Crippen LogP contribution in [0.4, 0.5) is 0 Å². The second-order valence-electron chi connectivity index (χ2n) is 5.46. The first-order valence-electron chi connectivity index (χ1n) is 7.18. The molecule has 0 spiro atoms. The molecule has 21 heavy (non-hydrogen) atoms. The van der Waals surface area contributed by atoms with Crippen molar-refractivity contribution < 1.29 is 4.79 Å². The van der Waals surface area contributed by atoms with Crippen molar-refractivity contribution in [3.05, 3.63) is 71.8 Å². The van der Waals surface area contributed by atoms with Crippen molar-refractivity contribution in [3.8, 4) is 0 Å². The Morgan fingerprint density at radius 2 is 1.57 bits per heavy atom. The van der Waals surface area contributed by atoms with Gasteiger partial charge >= 0.3 is 0 Å². The quantitative estimate of drug-likeness (QED) is 0.883. The molecule has 3 heteroatoms. The van der Waals surface area contributed by atoms with Crippen LogP contribution in [0.3, 0.4) is 0 Å². The average molecular weight is 282 g/mol. The summed E-state index contributed by atoms with van der Waals surface area (Å²) < 4.78 is 0. The summed E-state index contributed by atoms with van der Waals surface area (Å²) in [6.45, 7) is 0.401. The molecule has 0 saturated heterocycles. The molecule has 0 bridgehead atoms. The molecule has 3 nitrogen and oxygen atoms in total. The Morgan fingerprint density at radius 1 is 1.00 bits per heavy atom. The van der Waals surface area contributed by atoms with Crippen LogP contribution in [-0.2, 0) is 11.2 Å². The Bertz CT molecular complexity index is 552. The molecule has 0 fully saturated rings. The molecule has 1 atom stereocenters. The molecule has 1 N–H and O–H groups in total. The van der Waals surface area contributed by atoms with Crippen molar-refractivity contribution in [2.75, 3.05) is 20.6 Å². The first-order chi connectivity index (χ1) is 10.1. The van der Waals surface area contributed by atoms with Crippen LogP contribution < -0.4 is 5.32 Å². The molecule has 2 rings (SSSR count). The zero-order chi connectivity index (χ0) is 15.1. The number of hydrogen-bond acceptors (Lipinski definition) is 2. The van der Waals surface area contributed by atoms with Crippen LogP contribution in [0.25, 0.3) is 0 Å². The fourth-order valence-corrected chi connectivity index (χ4v) is 2.31. The van der Waals surface area contributed by atoms with Gasteiger partial charge in [-0.3, -0.25) is 4.79 Å². The minimum absolute atomic E-state index is 0.000972. The van der Waals surface area contributed by atoms with Crippen LogP contribution in [0.15, 0.2) is 60.7 Å². The molecular weight excluding hydrogens is 260 g/mol. The molecule has 0 radical (unpaired) electrons. The van der Waals surface area contributed by atoms with Gasteiger partial charge < -0.3 is 10.2 Å². The zero-order valence-electron chi connectivity index (χ0n) is 12.6. The smallest absolute Gasteiger partial charge is 0.234 e. The minimum atomic E-state index is 0.000972. The molecule has 0 aliphatic carbocycles. The van der Waals surface area contributed by atoms with Crippen LogP contribution in [0.1, 0.15) is 17.2 Å². The molecule has 0 heterocycles. The van der Waals surface area contributed by atoms with E-state index in [9.17, 15) is 4.79 Å². The van der Waals surface area contributed by atoms with E-state index in [-0.39, 0.29) is 11.9 Å². The monoisotopic (exact) mass is 282 g/mol. The molecule has 0 aliphatic heterocycles.